The van der Waals surface area contributed by atoms with Gasteiger partial charge in [-0.3, -0.25) is 4.79 Å². The van der Waals surface area contributed by atoms with Crippen molar-refractivity contribution >= 4 is 5.91 Å². The highest BCUT2D eigenvalue weighted by Gasteiger charge is 2.23. The van der Waals surface area contributed by atoms with Gasteiger partial charge in [-0.15, -0.1) is 0 Å². The molecule has 1 fully saturated rings. The minimum Gasteiger partial charge on any atom is -0.354 e. The molecule has 1 saturated carbocycles. The third-order valence-electron chi connectivity index (χ3n) is 2.99. The highest BCUT2D eigenvalue weighted by Crippen LogP contribution is 2.30. The van der Waals surface area contributed by atoms with E-state index in [0.717, 1.165) is 12.5 Å². The Kier molecular flexibility index (Phi) is 3.72. The van der Waals surface area contributed by atoms with Crippen molar-refractivity contribution < 1.29 is 4.79 Å². The van der Waals surface area contributed by atoms with Crippen molar-refractivity contribution in [3.8, 4) is 0 Å². The molecule has 3 atom stereocenters. The molecule has 0 spiro atoms. The van der Waals surface area contributed by atoms with Gasteiger partial charge in [0, 0.05) is 6.54 Å². The fourth-order valence-corrected chi connectivity index (χ4v) is 1.92. The SMILES string of the molecule is CC1CCCC1CNC(=O)[C@@H](C)N. The van der Waals surface area contributed by atoms with Gasteiger partial charge in [-0.1, -0.05) is 19.8 Å². The fourth-order valence-electron chi connectivity index (χ4n) is 1.92. The Hall–Kier alpha value is -0.570. The van der Waals surface area contributed by atoms with Crippen LogP contribution >= 0.6 is 0 Å². The molecule has 13 heavy (non-hydrogen) atoms. The van der Waals surface area contributed by atoms with Crippen LogP contribution in [0.5, 0.6) is 0 Å². The molecular weight excluding hydrogens is 164 g/mol. The minimum absolute atomic E-state index is 0.0286. The summed E-state index contributed by atoms with van der Waals surface area (Å²) in [5.41, 5.74) is 5.44. The minimum atomic E-state index is -0.378. The second-order valence-corrected chi connectivity index (χ2v) is 4.20. The van der Waals surface area contributed by atoms with Crippen LogP contribution in [-0.4, -0.2) is 18.5 Å². The lowest BCUT2D eigenvalue weighted by atomic mass is 9.98. The zero-order valence-corrected chi connectivity index (χ0v) is 8.55. The molecule has 0 aromatic carbocycles. The lowest BCUT2D eigenvalue weighted by Crippen LogP contribution is -2.40. The molecular formula is C10H20N2O. The highest BCUT2D eigenvalue weighted by atomic mass is 16.2. The average molecular weight is 184 g/mol. The zero-order valence-electron chi connectivity index (χ0n) is 8.55. The van der Waals surface area contributed by atoms with Gasteiger partial charge in [0.2, 0.25) is 5.91 Å². The molecule has 0 heterocycles. The highest BCUT2D eigenvalue weighted by molar-refractivity contribution is 5.80. The van der Waals surface area contributed by atoms with Crippen molar-refractivity contribution in [2.75, 3.05) is 6.54 Å². The van der Waals surface area contributed by atoms with Crippen LogP contribution in [0.4, 0.5) is 0 Å². The Morgan fingerprint density at radius 2 is 2.31 bits per heavy atom. The Labute approximate surface area is 80.1 Å². The van der Waals surface area contributed by atoms with Gasteiger partial charge in [0.25, 0.3) is 0 Å². The van der Waals surface area contributed by atoms with E-state index in [1.807, 2.05) is 0 Å². The molecule has 0 bridgehead atoms. The first-order chi connectivity index (χ1) is 6.11. The van der Waals surface area contributed by atoms with Crippen molar-refractivity contribution in [3.63, 3.8) is 0 Å². The van der Waals surface area contributed by atoms with Gasteiger partial charge >= 0.3 is 0 Å². The largest absolute Gasteiger partial charge is 0.354 e. The van der Waals surface area contributed by atoms with Gasteiger partial charge in [-0.05, 0) is 25.2 Å². The van der Waals surface area contributed by atoms with E-state index in [9.17, 15) is 4.79 Å². The van der Waals surface area contributed by atoms with Crippen LogP contribution < -0.4 is 11.1 Å². The lowest BCUT2D eigenvalue weighted by molar-refractivity contribution is -0.122. The molecule has 1 aliphatic carbocycles. The maximum absolute atomic E-state index is 11.2. The maximum Gasteiger partial charge on any atom is 0.236 e. The molecule has 3 nitrogen and oxygen atoms in total. The first kappa shape index (κ1) is 10.5. The number of carbonyl (C=O) groups is 1. The molecule has 76 valence electrons. The third kappa shape index (κ3) is 2.99. The van der Waals surface area contributed by atoms with Crippen molar-refractivity contribution in [1.29, 1.82) is 0 Å². The predicted octanol–water partition coefficient (Wildman–Crippen LogP) is 0.886. The van der Waals surface area contributed by atoms with Crippen LogP contribution in [0, 0.1) is 11.8 Å². The molecule has 2 unspecified atom stereocenters. The molecule has 1 rings (SSSR count). The summed E-state index contributed by atoms with van der Waals surface area (Å²) in [7, 11) is 0. The van der Waals surface area contributed by atoms with Crippen molar-refractivity contribution in [3.05, 3.63) is 0 Å². The number of carbonyl (C=O) groups excluding carboxylic acids is 1. The van der Waals surface area contributed by atoms with E-state index in [1.54, 1.807) is 6.92 Å². The first-order valence-corrected chi connectivity index (χ1v) is 5.14. The summed E-state index contributed by atoms with van der Waals surface area (Å²) in [5, 5.41) is 2.89. The molecule has 0 radical (unpaired) electrons. The van der Waals surface area contributed by atoms with E-state index < -0.39 is 0 Å². The summed E-state index contributed by atoms with van der Waals surface area (Å²) < 4.78 is 0. The second-order valence-electron chi connectivity index (χ2n) is 4.20. The van der Waals surface area contributed by atoms with Gasteiger partial charge in [0.15, 0.2) is 0 Å². The normalized spacial score (nSPS) is 30.1. The molecule has 1 amide bonds. The second kappa shape index (κ2) is 4.61. The van der Waals surface area contributed by atoms with Gasteiger partial charge in [-0.2, -0.15) is 0 Å². The van der Waals surface area contributed by atoms with Crippen molar-refractivity contribution in [2.24, 2.45) is 17.6 Å². The average Bonchev–Trinajstić information content (AvgIpc) is 2.47. The van der Waals surface area contributed by atoms with Crippen molar-refractivity contribution in [1.82, 2.24) is 5.32 Å². The molecule has 3 N–H and O–H groups in total. The van der Waals surface area contributed by atoms with Gasteiger partial charge in [-0.25, -0.2) is 0 Å². The number of rotatable bonds is 3. The fraction of sp³-hybridized carbons (Fsp3) is 0.900. The van der Waals surface area contributed by atoms with Crippen LogP contribution in [0.25, 0.3) is 0 Å². The maximum atomic E-state index is 11.2. The summed E-state index contributed by atoms with van der Waals surface area (Å²) in [6.45, 7) is 4.78. The Bertz CT molecular complexity index is 180. The monoisotopic (exact) mass is 184 g/mol. The molecule has 3 heteroatoms. The van der Waals surface area contributed by atoms with Crippen LogP contribution in [0.2, 0.25) is 0 Å². The molecule has 0 aliphatic heterocycles. The van der Waals surface area contributed by atoms with E-state index in [0.29, 0.717) is 5.92 Å². The van der Waals surface area contributed by atoms with E-state index >= 15 is 0 Å². The Morgan fingerprint density at radius 3 is 2.77 bits per heavy atom. The van der Waals surface area contributed by atoms with Crippen LogP contribution in [0.3, 0.4) is 0 Å². The van der Waals surface area contributed by atoms with E-state index in [-0.39, 0.29) is 11.9 Å². The summed E-state index contributed by atoms with van der Waals surface area (Å²) in [5.74, 6) is 1.40. The van der Waals surface area contributed by atoms with E-state index in [2.05, 4.69) is 12.2 Å². The van der Waals surface area contributed by atoms with E-state index in [4.69, 9.17) is 5.73 Å². The number of hydrogen-bond donors (Lipinski definition) is 2. The van der Waals surface area contributed by atoms with Gasteiger partial charge in [0.05, 0.1) is 6.04 Å². The third-order valence-corrected chi connectivity index (χ3v) is 2.99. The first-order valence-electron chi connectivity index (χ1n) is 5.14. The Balaban J connectivity index is 2.22. The van der Waals surface area contributed by atoms with Crippen LogP contribution in [0.15, 0.2) is 0 Å². The Morgan fingerprint density at radius 1 is 1.62 bits per heavy atom. The smallest absolute Gasteiger partial charge is 0.236 e. The standard InChI is InChI=1S/C10H20N2O/c1-7-4-3-5-9(7)6-12-10(13)8(2)11/h7-9H,3-6,11H2,1-2H3,(H,12,13)/t7?,8-,9?/m1/s1. The van der Waals surface area contributed by atoms with E-state index in [1.165, 1.54) is 19.3 Å². The zero-order chi connectivity index (χ0) is 9.84. The predicted molar refractivity (Wildman–Crippen MR) is 53.2 cm³/mol. The molecule has 0 aromatic heterocycles. The summed E-state index contributed by atoms with van der Waals surface area (Å²) in [6, 6.07) is -0.378. The van der Waals surface area contributed by atoms with Crippen LogP contribution in [0.1, 0.15) is 33.1 Å². The molecule has 0 aromatic rings. The summed E-state index contributed by atoms with van der Waals surface area (Å²) >= 11 is 0. The summed E-state index contributed by atoms with van der Waals surface area (Å²) in [4.78, 5) is 11.2. The number of amides is 1. The summed E-state index contributed by atoms with van der Waals surface area (Å²) in [6.07, 6.45) is 3.86. The quantitative estimate of drug-likeness (QED) is 0.684. The number of nitrogens with one attached hydrogen (secondary N) is 1. The number of nitrogens with two attached hydrogens (primary N) is 1. The number of hydrogen-bond acceptors (Lipinski definition) is 2. The van der Waals surface area contributed by atoms with Gasteiger partial charge < -0.3 is 11.1 Å². The topological polar surface area (TPSA) is 55.1 Å². The lowest BCUT2D eigenvalue weighted by Gasteiger charge is -2.16. The molecule has 1 aliphatic rings. The van der Waals surface area contributed by atoms with Gasteiger partial charge in [0.1, 0.15) is 0 Å². The van der Waals surface area contributed by atoms with Crippen molar-refractivity contribution in [2.45, 2.75) is 39.2 Å². The van der Waals surface area contributed by atoms with Crippen LogP contribution in [-0.2, 0) is 4.79 Å². The molecule has 0 saturated heterocycles.